The zero-order chi connectivity index (χ0) is 26.3. The number of methoxy groups -OCH3 is 2. The zero-order valence-corrected chi connectivity index (χ0v) is 21.8. The van der Waals surface area contributed by atoms with E-state index in [2.05, 4.69) is 0 Å². The summed E-state index contributed by atoms with van der Waals surface area (Å²) in [5, 5.41) is 0. The predicted octanol–water partition coefficient (Wildman–Crippen LogP) is 4.47. The van der Waals surface area contributed by atoms with E-state index in [0.29, 0.717) is 12.4 Å². The Balaban J connectivity index is 2.17. The second kappa shape index (κ2) is 12.1. The number of carbonyl (C=O) groups is 1. The zero-order valence-electron chi connectivity index (χ0n) is 21.8. The first-order valence-corrected chi connectivity index (χ1v) is 12.1. The molecule has 0 aliphatic carbocycles. The molecule has 2 aromatic carbocycles. The van der Waals surface area contributed by atoms with Gasteiger partial charge in [-0.2, -0.15) is 0 Å². The highest BCUT2D eigenvalue weighted by Crippen LogP contribution is 2.39. The van der Waals surface area contributed by atoms with Crippen molar-refractivity contribution in [2.24, 2.45) is 11.1 Å². The van der Waals surface area contributed by atoms with Crippen LogP contribution in [0.5, 0.6) is 5.75 Å². The van der Waals surface area contributed by atoms with Gasteiger partial charge in [0.25, 0.3) is 0 Å². The summed E-state index contributed by atoms with van der Waals surface area (Å²) >= 11 is 0. The quantitative estimate of drug-likeness (QED) is 0.424. The van der Waals surface area contributed by atoms with Crippen molar-refractivity contribution >= 4 is 5.91 Å². The largest absolute Gasteiger partial charge is 0.497 e. The van der Waals surface area contributed by atoms with E-state index in [9.17, 15) is 9.18 Å². The van der Waals surface area contributed by atoms with Crippen LogP contribution in [0.15, 0.2) is 60.8 Å². The lowest BCUT2D eigenvalue weighted by Gasteiger charge is -2.40. The van der Waals surface area contributed by atoms with Gasteiger partial charge in [-0.3, -0.25) is 4.79 Å². The Labute approximate surface area is 213 Å². The third kappa shape index (κ3) is 6.71. The molecular formula is C28H37FN4O3. The number of amides is 1. The van der Waals surface area contributed by atoms with Crippen LogP contribution in [0.25, 0.3) is 11.3 Å². The Morgan fingerprint density at radius 2 is 1.86 bits per heavy atom. The van der Waals surface area contributed by atoms with Crippen molar-refractivity contribution in [3.63, 3.8) is 0 Å². The van der Waals surface area contributed by atoms with Gasteiger partial charge in [0.2, 0.25) is 5.91 Å². The first-order chi connectivity index (χ1) is 17.2. The van der Waals surface area contributed by atoms with Gasteiger partial charge in [-0.05, 0) is 23.1 Å². The van der Waals surface area contributed by atoms with Crippen molar-refractivity contribution in [1.29, 1.82) is 0 Å². The molecule has 7 nitrogen and oxygen atoms in total. The number of hydrogen-bond acceptors (Lipinski definition) is 5. The summed E-state index contributed by atoms with van der Waals surface area (Å²) in [4.78, 5) is 19.8. The molecule has 1 aromatic heterocycles. The fraction of sp³-hybridized carbons (Fsp3) is 0.429. The summed E-state index contributed by atoms with van der Waals surface area (Å²) in [7, 11) is 3.09. The van der Waals surface area contributed by atoms with Gasteiger partial charge in [-0.15, -0.1) is 0 Å². The van der Waals surface area contributed by atoms with E-state index in [1.165, 1.54) is 12.0 Å². The number of nitrogens with zero attached hydrogens (tertiary/aromatic N) is 3. The highest BCUT2D eigenvalue weighted by atomic mass is 19.1. The SMILES string of the molecule is COCC(=O)N(C[C@H](F)CN)[C@@H](c1nc(-c2ccccc2)cn1Cc1cccc(OC)c1)C(C)(C)C. The minimum absolute atomic E-state index is 0.146. The molecule has 36 heavy (non-hydrogen) atoms. The van der Waals surface area contributed by atoms with Crippen molar-refractivity contribution in [3.05, 3.63) is 72.2 Å². The van der Waals surface area contributed by atoms with E-state index in [-0.39, 0.29) is 25.6 Å². The van der Waals surface area contributed by atoms with Gasteiger partial charge in [0.05, 0.1) is 25.4 Å². The molecule has 8 heteroatoms. The average Bonchev–Trinajstić information content (AvgIpc) is 3.26. The molecule has 194 valence electrons. The fourth-order valence-corrected chi connectivity index (χ4v) is 4.33. The van der Waals surface area contributed by atoms with Crippen molar-refractivity contribution in [2.75, 3.05) is 33.9 Å². The van der Waals surface area contributed by atoms with Gasteiger partial charge < -0.3 is 24.7 Å². The van der Waals surface area contributed by atoms with Gasteiger partial charge in [-0.1, -0.05) is 63.2 Å². The lowest BCUT2D eigenvalue weighted by atomic mass is 9.84. The number of ether oxygens (including phenoxy) is 2. The molecule has 0 unspecified atom stereocenters. The minimum Gasteiger partial charge on any atom is -0.497 e. The summed E-state index contributed by atoms with van der Waals surface area (Å²) in [6, 6.07) is 17.1. The second-order valence-electron chi connectivity index (χ2n) is 9.91. The molecule has 0 bridgehead atoms. The van der Waals surface area contributed by atoms with Crippen LogP contribution in [0.3, 0.4) is 0 Å². The molecule has 0 aliphatic heterocycles. The van der Waals surface area contributed by atoms with Crippen LogP contribution in [-0.4, -0.2) is 60.4 Å². The average molecular weight is 497 g/mol. The van der Waals surface area contributed by atoms with Crippen LogP contribution in [0.1, 0.15) is 38.2 Å². The van der Waals surface area contributed by atoms with Gasteiger partial charge in [0.15, 0.2) is 0 Å². The fourth-order valence-electron chi connectivity index (χ4n) is 4.33. The number of halogens is 1. The Morgan fingerprint density at radius 1 is 1.14 bits per heavy atom. The molecule has 1 amide bonds. The molecule has 1 heterocycles. The monoisotopic (exact) mass is 496 g/mol. The van der Waals surface area contributed by atoms with E-state index in [4.69, 9.17) is 20.2 Å². The molecule has 3 rings (SSSR count). The first-order valence-electron chi connectivity index (χ1n) is 12.1. The summed E-state index contributed by atoms with van der Waals surface area (Å²) in [5.74, 6) is 1.11. The van der Waals surface area contributed by atoms with Crippen LogP contribution < -0.4 is 10.5 Å². The second-order valence-corrected chi connectivity index (χ2v) is 9.91. The maximum Gasteiger partial charge on any atom is 0.249 e. The van der Waals surface area contributed by atoms with Crippen molar-refractivity contribution < 1.29 is 18.7 Å². The van der Waals surface area contributed by atoms with Gasteiger partial charge in [0, 0.05) is 32.0 Å². The van der Waals surface area contributed by atoms with Crippen LogP contribution in [0.4, 0.5) is 4.39 Å². The van der Waals surface area contributed by atoms with E-state index in [1.807, 2.05) is 86.1 Å². The number of alkyl halides is 1. The maximum atomic E-state index is 14.6. The normalized spacial score (nSPS) is 13.3. The number of rotatable bonds is 11. The summed E-state index contributed by atoms with van der Waals surface area (Å²) < 4.78 is 27.2. The Bertz CT molecular complexity index is 1130. The van der Waals surface area contributed by atoms with Crippen LogP contribution in [-0.2, 0) is 16.1 Å². The molecule has 0 saturated carbocycles. The van der Waals surface area contributed by atoms with E-state index >= 15 is 0 Å². The summed E-state index contributed by atoms with van der Waals surface area (Å²) in [6.45, 7) is 6.08. The Morgan fingerprint density at radius 3 is 2.47 bits per heavy atom. The first kappa shape index (κ1) is 27.4. The number of aromatic nitrogens is 2. The van der Waals surface area contributed by atoms with Gasteiger partial charge in [0.1, 0.15) is 24.4 Å². The van der Waals surface area contributed by atoms with E-state index < -0.39 is 17.6 Å². The number of benzene rings is 2. The molecule has 2 N–H and O–H groups in total. The molecule has 0 fully saturated rings. The predicted molar refractivity (Wildman–Crippen MR) is 139 cm³/mol. The Kier molecular flexibility index (Phi) is 9.23. The number of carbonyl (C=O) groups excluding carboxylic acids is 1. The van der Waals surface area contributed by atoms with Crippen molar-refractivity contribution in [2.45, 2.75) is 39.5 Å². The molecule has 3 aromatic rings. The number of nitrogens with two attached hydrogens (primary N) is 1. The standard InChI is InChI=1S/C28H37FN4O3/c1-28(2,3)26(33(17-22(29)15-30)25(34)19-35-4)27-31-24(21-11-7-6-8-12-21)18-32(27)16-20-10-9-13-23(14-20)36-5/h6-14,18,22,26H,15-17,19,30H2,1-5H3/t22-,26+/m1/s1. The summed E-state index contributed by atoms with van der Waals surface area (Å²) in [6.07, 6.45) is 0.614. The highest BCUT2D eigenvalue weighted by Gasteiger charge is 2.39. The molecule has 0 aliphatic rings. The lowest BCUT2D eigenvalue weighted by Crippen LogP contribution is -2.47. The van der Waals surface area contributed by atoms with E-state index in [0.717, 1.165) is 22.6 Å². The van der Waals surface area contributed by atoms with Crippen molar-refractivity contribution in [3.8, 4) is 17.0 Å². The lowest BCUT2D eigenvalue weighted by molar-refractivity contribution is -0.141. The maximum absolute atomic E-state index is 14.6. The van der Waals surface area contributed by atoms with Gasteiger partial charge >= 0.3 is 0 Å². The third-order valence-corrected chi connectivity index (χ3v) is 5.98. The molecular weight excluding hydrogens is 459 g/mol. The van der Waals surface area contributed by atoms with Gasteiger partial charge in [-0.25, -0.2) is 9.37 Å². The molecule has 2 atom stereocenters. The highest BCUT2D eigenvalue weighted by molar-refractivity contribution is 5.78. The third-order valence-electron chi connectivity index (χ3n) is 5.98. The van der Waals surface area contributed by atoms with E-state index in [1.54, 1.807) is 7.11 Å². The smallest absolute Gasteiger partial charge is 0.249 e. The van der Waals surface area contributed by atoms with Crippen LogP contribution >= 0.6 is 0 Å². The molecule has 0 saturated heterocycles. The summed E-state index contributed by atoms with van der Waals surface area (Å²) in [5.41, 5.74) is 7.88. The molecule has 0 spiro atoms. The molecule has 0 radical (unpaired) electrons. The van der Waals surface area contributed by atoms with Crippen molar-refractivity contribution in [1.82, 2.24) is 14.5 Å². The Hall–Kier alpha value is -3.23. The minimum atomic E-state index is -1.37. The van der Waals surface area contributed by atoms with Crippen LogP contribution in [0, 0.1) is 5.41 Å². The number of imidazole rings is 1. The topological polar surface area (TPSA) is 82.6 Å². The van der Waals surface area contributed by atoms with Crippen LogP contribution in [0.2, 0.25) is 0 Å². The number of hydrogen-bond donors (Lipinski definition) is 1.